The van der Waals surface area contributed by atoms with Crippen LogP contribution < -0.4 is 18.9 Å². The maximum atomic E-state index is 12.5. The van der Waals surface area contributed by atoms with E-state index in [0.29, 0.717) is 62.1 Å². The number of aliphatic hydroxyl groups excluding tert-OH is 1. The summed E-state index contributed by atoms with van der Waals surface area (Å²) in [6.45, 7) is 3.27. The van der Waals surface area contributed by atoms with Gasteiger partial charge in [-0.25, -0.2) is 36.2 Å². The van der Waals surface area contributed by atoms with Crippen LogP contribution in [0.1, 0.15) is 70.0 Å². The predicted octanol–water partition coefficient (Wildman–Crippen LogP) is 16.0. The smallest absolute Gasteiger partial charge is 0.389 e. The second-order valence-corrected chi connectivity index (χ2v) is 29.4. The van der Waals surface area contributed by atoms with Crippen molar-refractivity contribution >= 4 is 138 Å². The molecule has 1 atom stereocenters. The van der Waals surface area contributed by atoms with E-state index >= 15 is 0 Å². The highest BCUT2D eigenvalue weighted by atomic mass is 32.2. The van der Waals surface area contributed by atoms with Crippen LogP contribution in [0, 0.1) is 0 Å². The Morgan fingerprint density at radius 3 is 1.20 bits per heavy atom. The van der Waals surface area contributed by atoms with Gasteiger partial charge in [-0.15, -0.1) is 0 Å². The first kappa shape index (κ1) is 73.5. The number of halogens is 7. The van der Waals surface area contributed by atoms with Crippen LogP contribution in [-0.4, -0.2) is 97.7 Å². The van der Waals surface area contributed by atoms with Gasteiger partial charge in [0.05, 0.1) is 51.1 Å². The maximum absolute atomic E-state index is 12.5. The number of ketones is 1. The lowest BCUT2D eigenvalue weighted by atomic mass is 9.96. The fourth-order valence-electron chi connectivity index (χ4n) is 10.2. The number of aromatic nitrogens is 6. The highest BCUT2D eigenvalue weighted by Crippen LogP contribution is 2.34. The van der Waals surface area contributed by atoms with Crippen molar-refractivity contribution in [3.05, 3.63) is 245 Å². The van der Waals surface area contributed by atoms with Crippen LogP contribution in [0.3, 0.4) is 0 Å². The molecular weight excluding hydrogens is 1410 g/mol. The summed E-state index contributed by atoms with van der Waals surface area (Å²) in [6.07, 6.45) is 10.8. The molecule has 0 radical (unpaired) electrons. The van der Waals surface area contributed by atoms with E-state index in [0.717, 1.165) is 67.3 Å². The summed E-state index contributed by atoms with van der Waals surface area (Å²) >= 11 is 0. The molecule has 8 N–H and O–H groups in total. The number of sulfonamides is 4. The lowest BCUT2D eigenvalue weighted by Crippen LogP contribution is -2.29. The van der Waals surface area contributed by atoms with Crippen LogP contribution in [0.25, 0.3) is 103 Å². The molecule has 0 saturated carbocycles. The average molecular weight is 1470 g/mol. The van der Waals surface area contributed by atoms with Gasteiger partial charge in [-0.2, -0.15) is 43.2 Å². The van der Waals surface area contributed by atoms with Crippen LogP contribution in [0.15, 0.2) is 200 Å². The van der Waals surface area contributed by atoms with Crippen molar-refractivity contribution in [2.24, 2.45) is 0 Å². The molecule has 0 aliphatic rings. The minimum Gasteiger partial charge on any atom is -0.389 e. The van der Waals surface area contributed by atoms with E-state index in [-0.39, 0.29) is 17.2 Å². The number of anilines is 4. The summed E-state index contributed by atoms with van der Waals surface area (Å²) in [7, 11) is -18.4. The average Bonchev–Trinajstić information content (AvgIpc) is 1.70. The highest BCUT2D eigenvalue weighted by molar-refractivity contribution is 7.94. The molecule has 12 rings (SSSR count). The normalized spacial score (nSPS) is 12.7. The molecule has 0 aliphatic heterocycles. The Balaban J connectivity index is 0.000000165. The molecule has 9 aromatic carbocycles. The van der Waals surface area contributed by atoms with Crippen molar-refractivity contribution < 1.29 is 74.3 Å². The van der Waals surface area contributed by atoms with Gasteiger partial charge in [0, 0.05) is 28.2 Å². The number of carbonyl (C=O) groups is 1. The lowest BCUT2D eigenvalue weighted by molar-refractivity contribution is -0.0435. The molecule has 12 aromatic rings. The van der Waals surface area contributed by atoms with Crippen LogP contribution in [-0.2, 0) is 40.1 Å². The summed E-state index contributed by atoms with van der Waals surface area (Å²) in [5, 5.41) is 10.1. The minimum absolute atomic E-state index is 0.0115. The molecule has 0 spiro atoms. The number of imidazole rings is 3. The largest absolute Gasteiger partial charge is 0.516 e. The number of nitrogens with zero attached hydrogens (tertiary/aromatic N) is 3. The van der Waals surface area contributed by atoms with Gasteiger partial charge in [-0.3, -0.25) is 23.7 Å². The van der Waals surface area contributed by atoms with Crippen molar-refractivity contribution in [2.75, 3.05) is 31.2 Å². The summed E-state index contributed by atoms with van der Waals surface area (Å²) in [6, 6.07) is 55.0. The fraction of sp³-hybridized carbons (Fsp3) is 0.0986. The van der Waals surface area contributed by atoms with E-state index in [4.69, 9.17) is 0 Å². The zero-order valence-electron chi connectivity index (χ0n) is 53.5. The third-order valence-electron chi connectivity index (χ3n) is 14.9. The zero-order chi connectivity index (χ0) is 73.4. The van der Waals surface area contributed by atoms with Crippen molar-refractivity contribution in [2.45, 2.75) is 31.0 Å². The van der Waals surface area contributed by atoms with Crippen molar-refractivity contribution in [3.63, 3.8) is 0 Å². The standard InChI is InChI=1S/C24H20F3N3O3S.C24H20FN3O3S.C23H19F3N4O4S2/c1-15(31)19-4-2-3-5-20(19)17-9-12-21-22(14-17)29-23(28-21)13-8-16-6-10-18(11-7-16)30-34(32,33)24(25,26)27;1-16(29)20-4-2-3-5-21(20)18-9-12-22-23(14-18)27-24(26-22)13-8-17-6-10-19(11-7-17)28-32(30,31)15-25;1-35(31,32)30-19-5-3-2-4-18(19)16-9-12-20-21(14-16)28-22(27-20)13-8-15-6-10-17(11-7-15)29-36(33,34)23(24,25)26/h2-15,30-31H,1H3,(H,28,29);2-14,28H,15H2,1H3,(H,26,27);2-14,29-30H,1H3,(H,27,28)/b3*13-8+. The number of hydrogen-bond donors (Lipinski definition) is 8. The number of Topliss-reactive ketones (excluding diaryl/α,β-unsaturated/α-hetero) is 1. The second-order valence-electron chi connectivity index (χ2n) is 22.6. The molecule has 0 bridgehead atoms. The molecule has 3 aromatic heterocycles. The van der Waals surface area contributed by atoms with E-state index < -0.39 is 63.2 Å². The molecule has 3 heterocycles. The van der Waals surface area contributed by atoms with E-state index in [1.165, 1.54) is 58.0 Å². The highest BCUT2D eigenvalue weighted by Gasteiger charge is 2.47. The molecule has 0 saturated heterocycles. The van der Waals surface area contributed by atoms with Crippen LogP contribution in [0.2, 0.25) is 0 Å². The number of H-pyrrole nitrogens is 3. The first-order valence-electron chi connectivity index (χ1n) is 30.2. The van der Waals surface area contributed by atoms with Crippen molar-refractivity contribution in [3.8, 4) is 33.4 Å². The number of hydrogen-bond acceptors (Lipinski definition) is 13. The Hall–Kier alpha value is -11.3. The molecule has 0 aliphatic carbocycles. The molecular formula is C71H59F7N10O10S4. The number of nitrogens with one attached hydrogen (secondary N) is 7. The van der Waals surface area contributed by atoms with Crippen LogP contribution in [0.4, 0.5) is 53.5 Å². The number of fused-ring (bicyclic) bond motifs is 3. The van der Waals surface area contributed by atoms with Crippen molar-refractivity contribution in [1.29, 1.82) is 0 Å². The van der Waals surface area contributed by atoms with E-state index in [2.05, 4.69) is 39.3 Å². The topological polar surface area (TPSA) is 308 Å². The third kappa shape index (κ3) is 18.8. The summed E-state index contributed by atoms with van der Waals surface area (Å²) in [5.74, 6) is 1.74. The Kier molecular flexibility index (Phi) is 21.8. The van der Waals surface area contributed by atoms with Gasteiger partial charge in [0.15, 0.2) is 5.78 Å². The van der Waals surface area contributed by atoms with Crippen LogP contribution in [0.5, 0.6) is 0 Å². The Morgan fingerprint density at radius 2 is 0.814 bits per heavy atom. The summed E-state index contributed by atoms with van der Waals surface area (Å²) in [4.78, 5) is 35.1. The molecule has 526 valence electrons. The molecule has 0 fully saturated rings. The quantitative estimate of drug-likeness (QED) is 0.0260. The van der Waals surface area contributed by atoms with Gasteiger partial charge in [-0.1, -0.05) is 140 Å². The zero-order valence-corrected chi connectivity index (χ0v) is 56.8. The van der Waals surface area contributed by atoms with Gasteiger partial charge in [0.25, 0.3) is 10.0 Å². The monoisotopic (exact) mass is 1470 g/mol. The van der Waals surface area contributed by atoms with E-state index in [1.807, 2.05) is 109 Å². The first-order chi connectivity index (χ1) is 48.2. The third-order valence-corrected chi connectivity index (χ3v) is 18.6. The van der Waals surface area contributed by atoms with E-state index in [1.54, 1.807) is 92.7 Å². The number of benzene rings is 9. The molecule has 31 heteroatoms. The predicted molar refractivity (Wildman–Crippen MR) is 386 cm³/mol. The number of carbonyl (C=O) groups excluding carboxylic acids is 1. The van der Waals surface area contributed by atoms with Gasteiger partial charge < -0.3 is 20.1 Å². The number of para-hydroxylation sites is 1. The number of rotatable bonds is 20. The van der Waals surface area contributed by atoms with Crippen molar-refractivity contribution in [1.82, 2.24) is 29.9 Å². The first-order valence-corrected chi connectivity index (χ1v) is 36.7. The summed E-state index contributed by atoms with van der Waals surface area (Å²) in [5.41, 5.74) is 2.78. The van der Waals surface area contributed by atoms with Gasteiger partial charge in [0.2, 0.25) is 16.0 Å². The number of aromatic amines is 3. The number of alkyl halides is 7. The molecule has 20 nitrogen and oxygen atoms in total. The van der Waals surface area contributed by atoms with Gasteiger partial charge >= 0.3 is 31.1 Å². The fourth-order valence-corrected chi connectivity index (χ4v) is 12.4. The lowest BCUT2D eigenvalue weighted by Gasteiger charge is -2.11. The van der Waals surface area contributed by atoms with Gasteiger partial charge in [0.1, 0.15) is 17.5 Å². The summed E-state index contributed by atoms with van der Waals surface area (Å²) < 4.78 is 186. The van der Waals surface area contributed by atoms with E-state index in [9.17, 15) is 74.3 Å². The molecule has 1 unspecified atom stereocenters. The SMILES string of the molecule is CC(=O)c1ccccc1-c1ccc2nc(/C=C/c3ccc(NS(=O)(=O)CF)cc3)[nH]c2c1.CC(O)c1ccccc1-c1ccc2nc(/C=C/c3ccc(NS(=O)(=O)C(F)(F)F)cc3)[nH]c2c1.CS(=O)(=O)Nc1ccccc1-c1ccc2nc(/C=C/c3ccc(NS(=O)(=O)C(F)(F)F)cc3)[nH]c2c1. The number of aliphatic hydroxyl groups is 1. The molecule has 102 heavy (non-hydrogen) atoms. The minimum atomic E-state index is -5.49. The Bertz CT molecular complexity index is 5650. The van der Waals surface area contributed by atoms with Crippen LogP contribution >= 0.6 is 0 Å². The second kappa shape index (κ2) is 30.3. The molecule has 0 amide bonds. The Labute approximate surface area is 580 Å². The maximum Gasteiger partial charge on any atom is 0.516 e. The van der Waals surface area contributed by atoms with Gasteiger partial charge in [-0.05, 0) is 161 Å². The Morgan fingerprint density at radius 1 is 0.461 bits per heavy atom.